The number of hydrogen-bond acceptors (Lipinski definition) is 4. The summed E-state index contributed by atoms with van der Waals surface area (Å²) >= 11 is 5.81. The molecular weight excluding hydrogens is 368 g/mol. The molecule has 2 aromatic rings. The van der Waals surface area contributed by atoms with E-state index < -0.39 is 5.91 Å². The second-order valence-corrected chi connectivity index (χ2v) is 6.57. The first kappa shape index (κ1) is 18.8. The minimum Gasteiger partial charge on any atom is -0.350 e. The molecule has 1 aromatic heterocycles. The topological polar surface area (TPSA) is 91.4 Å². The van der Waals surface area contributed by atoms with Crippen molar-refractivity contribution >= 4 is 35.0 Å². The second kappa shape index (κ2) is 8.64. The van der Waals surface area contributed by atoms with Crippen molar-refractivity contribution in [1.82, 2.24) is 15.6 Å². The summed E-state index contributed by atoms with van der Waals surface area (Å²) in [6.07, 6.45) is 2.90. The van der Waals surface area contributed by atoms with Gasteiger partial charge in [0, 0.05) is 36.4 Å². The molecule has 0 aliphatic carbocycles. The molecule has 1 saturated heterocycles. The molecule has 1 aliphatic heterocycles. The van der Waals surface area contributed by atoms with Gasteiger partial charge in [0.2, 0.25) is 11.8 Å². The van der Waals surface area contributed by atoms with Gasteiger partial charge in [-0.3, -0.25) is 19.4 Å². The summed E-state index contributed by atoms with van der Waals surface area (Å²) in [7, 11) is 0. The van der Waals surface area contributed by atoms with Gasteiger partial charge in [-0.15, -0.1) is 0 Å². The first-order chi connectivity index (χ1) is 13.0. The Bertz CT molecular complexity index is 854. The summed E-state index contributed by atoms with van der Waals surface area (Å²) in [5.74, 6) is -0.641. The number of nitrogens with one attached hydrogen (secondary N) is 2. The molecule has 0 atom stereocenters. The highest BCUT2D eigenvalue weighted by Gasteiger charge is 2.21. The number of amides is 3. The minimum atomic E-state index is -0.465. The van der Waals surface area contributed by atoms with E-state index in [0.29, 0.717) is 18.0 Å². The lowest BCUT2D eigenvalue weighted by atomic mass is 10.2. The van der Waals surface area contributed by atoms with Crippen LogP contribution in [-0.2, 0) is 16.1 Å². The van der Waals surface area contributed by atoms with E-state index in [-0.39, 0.29) is 24.1 Å². The molecule has 1 aliphatic rings. The summed E-state index contributed by atoms with van der Waals surface area (Å²) in [5.41, 5.74) is 1.93. The Kier molecular flexibility index (Phi) is 6.03. The van der Waals surface area contributed by atoms with Crippen LogP contribution in [-0.4, -0.2) is 35.8 Å². The quantitative estimate of drug-likeness (QED) is 0.793. The number of pyridine rings is 1. The Morgan fingerprint density at radius 3 is 2.59 bits per heavy atom. The maximum absolute atomic E-state index is 11.9. The van der Waals surface area contributed by atoms with Gasteiger partial charge in [-0.2, -0.15) is 0 Å². The third-order valence-electron chi connectivity index (χ3n) is 4.18. The first-order valence-corrected chi connectivity index (χ1v) is 8.96. The molecular formula is C19H19ClN4O3. The largest absolute Gasteiger partial charge is 0.350 e. The molecule has 0 radical (unpaired) electrons. The molecule has 7 nitrogen and oxygen atoms in total. The van der Waals surface area contributed by atoms with Crippen molar-refractivity contribution in [1.29, 1.82) is 0 Å². The van der Waals surface area contributed by atoms with E-state index >= 15 is 0 Å². The molecule has 2 heterocycles. The predicted octanol–water partition coefficient (Wildman–Crippen LogP) is 1.91. The molecule has 3 rings (SSSR count). The van der Waals surface area contributed by atoms with Gasteiger partial charge >= 0.3 is 0 Å². The number of anilines is 1. The van der Waals surface area contributed by atoms with Gasteiger partial charge in [-0.1, -0.05) is 23.7 Å². The van der Waals surface area contributed by atoms with Crippen LogP contribution in [0.2, 0.25) is 5.02 Å². The molecule has 0 spiro atoms. The van der Waals surface area contributed by atoms with Gasteiger partial charge in [-0.25, -0.2) is 0 Å². The number of carbonyl (C=O) groups excluding carboxylic acids is 3. The Morgan fingerprint density at radius 1 is 1.15 bits per heavy atom. The molecule has 0 saturated carbocycles. The van der Waals surface area contributed by atoms with E-state index in [1.165, 1.54) is 12.3 Å². The van der Waals surface area contributed by atoms with Crippen LogP contribution < -0.4 is 15.5 Å². The summed E-state index contributed by atoms with van der Waals surface area (Å²) in [4.78, 5) is 41.2. The van der Waals surface area contributed by atoms with Crippen molar-refractivity contribution in [3.63, 3.8) is 0 Å². The van der Waals surface area contributed by atoms with E-state index in [1.54, 1.807) is 11.0 Å². The van der Waals surface area contributed by atoms with E-state index in [1.807, 2.05) is 24.3 Å². The van der Waals surface area contributed by atoms with Crippen LogP contribution in [0.1, 0.15) is 28.9 Å². The van der Waals surface area contributed by atoms with Crippen molar-refractivity contribution in [3.05, 3.63) is 58.9 Å². The number of nitrogens with zero attached hydrogens (tertiary/aromatic N) is 2. The van der Waals surface area contributed by atoms with Crippen LogP contribution in [0.5, 0.6) is 0 Å². The average molecular weight is 387 g/mol. The Labute approximate surface area is 161 Å². The predicted molar refractivity (Wildman–Crippen MR) is 101 cm³/mol. The van der Waals surface area contributed by atoms with Gasteiger partial charge in [-0.05, 0) is 36.2 Å². The van der Waals surface area contributed by atoms with Crippen molar-refractivity contribution in [2.45, 2.75) is 19.4 Å². The highest BCUT2D eigenvalue weighted by molar-refractivity contribution is 6.30. The van der Waals surface area contributed by atoms with Gasteiger partial charge in [0.15, 0.2) is 0 Å². The van der Waals surface area contributed by atoms with E-state index in [0.717, 1.165) is 24.2 Å². The minimum absolute atomic E-state index is 0.140. The third kappa shape index (κ3) is 5.04. The van der Waals surface area contributed by atoms with Crippen molar-refractivity contribution in [2.24, 2.45) is 0 Å². The Hall–Kier alpha value is -2.93. The molecule has 8 heteroatoms. The standard InChI is InChI=1S/C19H19ClN4O3/c20-14-7-8-21-16(10-14)19(27)23-12-17(25)22-11-13-3-5-15(6-4-13)24-9-1-2-18(24)26/h3-8,10H,1-2,9,11-12H2,(H,22,25)(H,23,27). The molecule has 27 heavy (non-hydrogen) atoms. The lowest BCUT2D eigenvalue weighted by Gasteiger charge is -2.16. The summed E-state index contributed by atoms with van der Waals surface area (Å²) in [5, 5.41) is 5.63. The van der Waals surface area contributed by atoms with Crippen molar-refractivity contribution < 1.29 is 14.4 Å². The Morgan fingerprint density at radius 2 is 1.93 bits per heavy atom. The zero-order chi connectivity index (χ0) is 19.2. The SMILES string of the molecule is O=C(CNC(=O)c1cc(Cl)ccn1)NCc1ccc(N2CCCC2=O)cc1. The highest BCUT2D eigenvalue weighted by atomic mass is 35.5. The highest BCUT2D eigenvalue weighted by Crippen LogP contribution is 2.21. The fraction of sp³-hybridized carbons (Fsp3) is 0.263. The second-order valence-electron chi connectivity index (χ2n) is 6.13. The summed E-state index contributed by atoms with van der Waals surface area (Å²) in [6.45, 7) is 0.918. The first-order valence-electron chi connectivity index (χ1n) is 8.59. The maximum atomic E-state index is 11.9. The molecule has 0 bridgehead atoms. The zero-order valence-electron chi connectivity index (χ0n) is 14.6. The lowest BCUT2D eigenvalue weighted by molar-refractivity contribution is -0.120. The monoisotopic (exact) mass is 386 g/mol. The molecule has 2 N–H and O–H groups in total. The summed E-state index contributed by atoms with van der Waals surface area (Å²) < 4.78 is 0. The number of benzene rings is 1. The van der Waals surface area contributed by atoms with Crippen molar-refractivity contribution in [3.8, 4) is 0 Å². The molecule has 3 amide bonds. The fourth-order valence-corrected chi connectivity index (χ4v) is 2.92. The van der Waals surface area contributed by atoms with Gasteiger partial charge in [0.1, 0.15) is 5.69 Å². The van der Waals surface area contributed by atoms with Crippen LogP contribution in [0.25, 0.3) is 0 Å². The number of carbonyl (C=O) groups is 3. The molecule has 1 fully saturated rings. The lowest BCUT2D eigenvalue weighted by Crippen LogP contribution is -2.36. The molecule has 140 valence electrons. The number of halogens is 1. The van der Waals surface area contributed by atoms with Crippen molar-refractivity contribution in [2.75, 3.05) is 18.0 Å². The van der Waals surface area contributed by atoms with Crippen LogP contribution in [0.3, 0.4) is 0 Å². The van der Waals surface area contributed by atoms with Gasteiger partial charge in [0.25, 0.3) is 5.91 Å². The maximum Gasteiger partial charge on any atom is 0.270 e. The third-order valence-corrected chi connectivity index (χ3v) is 4.41. The smallest absolute Gasteiger partial charge is 0.270 e. The zero-order valence-corrected chi connectivity index (χ0v) is 15.3. The number of aromatic nitrogens is 1. The average Bonchev–Trinajstić information content (AvgIpc) is 3.10. The normalized spacial score (nSPS) is 13.5. The fourth-order valence-electron chi connectivity index (χ4n) is 2.76. The van der Waals surface area contributed by atoms with E-state index in [9.17, 15) is 14.4 Å². The van der Waals surface area contributed by atoms with E-state index in [2.05, 4.69) is 15.6 Å². The molecule has 1 aromatic carbocycles. The Balaban J connectivity index is 1.45. The number of hydrogen-bond donors (Lipinski definition) is 2. The van der Waals surface area contributed by atoms with E-state index in [4.69, 9.17) is 11.6 Å². The molecule has 0 unspecified atom stereocenters. The van der Waals surface area contributed by atoms with Gasteiger partial charge in [0.05, 0.1) is 6.54 Å². The van der Waals surface area contributed by atoms with Crippen LogP contribution in [0.15, 0.2) is 42.6 Å². The van der Waals surface area contributed by atoms with Gasteiger partial charge < -0.3 is 15.5 Å². The van der Waals surface area contributed by atoms with Crippen LogP contribution in [0, 0.1) is 0 Å². The van der Waals surface area contributed by atoms with Crippen LogP contribution >= 0.6 is 11.6 Å². The summed E-state index contributed by atoms with van der Waals surface area (Å²) in [6, 6.07) is 10.5. The van der Waals surface area contributed by atoms with Crippen LogP contribution in [0.4, 0.5) is 5.69 Å². The number of rotatable bonds is 6.